The number of fused-ring (bicyclic) bond motifs is 19. The predicted molar refractivity (Wildman–Crippen MR) is 444 cm³/mol. The van der Waals surface area contributed by atoms with E-state index >= 15 is 0 Å². The van der Waals surface area contributed by atoms with E-state index in [0.717, 1.165) is 39.7 Å². The van der Waals surface area contributed by atoms with Gasteiger partial charge in [0.15, 0.2) is 0 Å². The highest BCUT2D eigenvalue weighted by atomic mass is 15.1. The molecule has 0 saturated heterocycles. The number of anilines is 6. The number of hydrogen-bond acceptors (Lipinski definition) is 2. The maximum Gasteiger partial charge on any atom is 0.0726 e. The van der Waals surface area contributed by atoms with Crippen LogP contribution >= 0.6 is 0 Å². The summed E-state index contributed by atoms with van der Waals surface area (Å²) in [6.45, 7) is 11.5. The molecule has 0 unspecified atom stereocenters. The van der Waals surface area contributed by atoms with Gasteiger partial charge < -0.3 is 9.80 Å². The van der Waals surface area contributed by atoms with Gasteiger partial charge in [-0.2, -0.15) is 0 Å². The molecule has 1 spiro atoms. The van der Waals surface area contributed by atoms with Crippen LogP contribution in [0.2, 0.25) is 0 Å². The highest BCUT2D eigenvalue weighted by Crippen LogP contribution is 2.65. The summed E-state index contributed by atoms with van der Waals surface area (Å²) in [7, 11) is 0. The minimum Gasteiger partial charge on any atom is -0.310 e. The first kappa shape index (κ1) is 62.7. The van der Waals surface area contributed by atoms with Crippen LogP contribution in [0.3, 0.4) is 0 Å². The van der Waals surface area contributed by atoms with E-state index in [1.54, 1.807) is 0 Å². The average Bonchev–Trinajstić information content (AvgIpc) is 1.53. The Bertz CT molecular complexity index is 5990. The molecular weight excluding hydrogens is 1290 g/mol. The minimum atomic E-state index is -0.610. The summed E-state index contributed by atoms with van der Waals surface area (Å²) in [5.74, 6) is 0. The summed E-state index contributed by atoms with van der Waals surface area (Å²) >= 11 is 0. The average molecular weight is 1370 g/mol. The van der Waals surface area contributed by atoms with Crippen LogP contribution in [0, 0.1) is 20.8 Å². The van der Waals surface area contributed by atoms with E-state index in [4.69, 9.17) is 0 Å². The topological polar surface area (TPSA) is 6.48 Å². The Morgan fingerprint density at radius 3 is 0.832 bits per heavy atom. The Labute approximate surface area is 627 Å². The molecule has 0 heterocycles. The molecule has 0 fully saturated rings. The Hall–Kier alpha value is -12.9. The largest absolute Gasteiger partial charge is 0.310 e. The van der Waals surface area contributed by atoms with Crippen molar-refractivity contribution in [2.45, 2.75) is 56.3 Å². The van der Waals surface area contributed by atoms with Crippen LogP contribution in [-0.2, 0) is 21.7 Å². The summed E-state index contributed by atoms with van der Waals surface area (Å²) in [5.41, 5.74) is 41.6. The van der Waals surface area contributed by atoms with Crippen molar-refractivity contribution in [1.29, 1.82) is 0 Å². The van der Waals surface area contributed by atoms with Gasteiger partial charge in [0, 0.05) is 39.5 Å². The van der Waals surface area contributed by atoms with E-state index in [2.05, 4.69) is 414 Å². The Morgan fingerprint density at radius 2 is 0.449 bits per heavy atom. The molecule has 21 rings (SSSR count). The Morgan fingerprint density at radius 1 is 0.187 bits per heavy atom. The van der Waals surface area contributed by atoms with E-state index in [0.29, 0.717) is 0 Å². The molecule has 0 aromatic heterocycles. The Kier molecular flexibility index (Phi) is 13.8. The summed E-state index contributed by atoms with van der Waals surface area (Å²) < 4.78 is 0. The van der Waals surface area contributed by atoms with E-state index < -0.39 is 16.2 Å². The van der Waals surface area contributed by atoms with E-state index in [-0.39, 0.29) is 5.41 Å². The van der Waals surface area contributed by atoms with Gasteiger partial charge in [0.25, 0.3) is 0 Å². The fourth-order valence-corrected chi connectivity index (χ4v) is 20.3. The van der Waals surface area contributed by atoms with Gasteiger partial charge in [-0.15, -0.1) is 0 Å². The monoisotopic (exact) mass is 1360 g/mol. The number of nitrogens with zero attached hydrogens (tertiary/aromatic N) is 2. The second kappa shape index (κ2) is 23.6. The normalized spacial score (nSPS) is 14.5. The lowest BCUT2D eigenvalue weighted by atomic mass is 9.67. The molecule has 16 aromatic carbocycles. The smallest absolute Gasteiger partial charge is 0.0726 e. The van der Waals surface area contributed by atoms with Crippen molar-refractivity contribution in [3.05, 3.63) is 465 Å². The fraction of sp³-hybridized carbons (Fsp3) is 0.0857. The number of rotatable bonds is 11. The molecular formula is C105H76N2. The zero-order chi connectivity index (χ0) is 71.5. The van der Waals surface area contributed by atoms with Crippen LogP contribution in [0.1, 0.15) is 108 Å². The molecule has 16 aromatic rings. The minimum absolute atomic E-state index is 0.196. The van der Waals surface area contributed by atoms with Gasteiger partial charge in [0.05, 0.1) is 16.2 Å². The molecule has 0 aliphatic heterocycles. The summed E-state index contributed by atoms with van der Waals surface area (Å²) in [5, 5.41) is 0. The summed E-state index contributed by atoms with van der Waals surface area (Å²) in [4.78, 5) is 5.06. The van der Waals surface area contributed by atoms with Crippen molar-refractivity contribution in [3.8, 4) is 66.8 Å². The van der Waals surface area contributed by atoms with Crippen molar-refractivity contribution >= 4 is 34.1 Å². The lowest BCUT2D eigenvalue weighted by molar-refractivity contribution is 0.660. The van der Waals surface area contributed by atoms with Crippen molar-refractivity contribution in [2.75, 3.05) is 9.80 Å². The standard InChI is InChI=1S/C105H76N2/c1-67-42-53-87-90-58-51-79(64-99(90)103(97(87)60-67,71-26-10-6-11-27-71)72-28-12-7-13-29-72)107(80-52-59-91-88-54-43-68(2)61-98(88)104(100(91)65-80,73-30-14-8-15-31-73)74-32-16-9-17-33-74)76-48-55-81(69(3)62-76)70-44-46-75(47-45-70)106(77-49-56-86-82-34-18-22-38-92(82)102(4,5)96(86)63-77)78-50-57-89-85-37-21-25-41-95(85)105(101(89)66-78)93-39-23-19-35-83(93)84-36-20-24-40-94(84)105/h6-66H,1-5H3. The predicted octanol–water partition coefficient (Wildman–Crippen LogP) is 26.6. The quantitative estimate of drug-likeness (QED) is 0.127. The first-order valence-corrected chi connectivity index (χ1v) is 37.8. The summed E-state index contributed by atoms with van der Waals surface area (Å²) in [6, 6.07) is 141. The van der Waals surface area contributed by atoms with Crippen molar-refractivity contribution in [2.24, 2.45) is 0 Å². The molecule has 2 heteroatoms. The molecule has 5 aliphatic carbocycles. The van der Waals surface area contributed by atoms with Gasteiger partial charge in [0.1, 0.15) is 0 Å². The number of benzene rings is 16. The Balaban J connectivity index is 0.738. The van der Waals surface area contributed by atoms with Gasteiger partial charge in [-0.05, 0) is 244 Å². The van der Waals surface area contributed by atoms with Gasteiger partial charge in [-0.25, -0.2) is 0 Å². The van der Waals surface area contributed by atoms with Crippen LogP contribution in [0.4, 0.5) is 34.1 Å². The van der Waals surface area contributed by atoms with Crippen LogP contribution in [0.25, 0.3) is 66.8 Å². The van der Waals surface area contributed by atoms with Gasteiger partial charge in [-0.1, -0.05) is 322 Å². The zero-order valence-electron chi connectivity index (χ0n) is 60.6. The molecule has 0 radical (unpaired) electrons. The maximum absolute atomic E-state index is 2.54. The highest BCUT2D eigenvalue weighted by molar-refractivity contribution is 5.98. The molecule has 506 valence electrons. The molecule has 0 bridgehead atoms. The van der Waals surface area contributed by atoms with Crippen molar-refractivity contribution in [3.63, 3.8) is 0 Å². The second-order valence-electron chi connectivity index (χ2n) is 30.8. The molecule has 0 N–H and O–H groups in total. The van der Waals surface area contributed by atoms with Crippen LogP contribution in [0.5, 0.6) is 0 Å². The van der Waals surface area contributed by atoms with E-state index in [9.17, 15) is 0 Å². The molecule has 5 aliphatic rings. The molecule has 0 saturated carbocycles. The van der Waals surface area contributed by atoms with Crippen LogP contribution in [-0.4, -0.2) is 0 Å². The third kappa shape index (κ3) is 8.82. The lowest BCUT2D eigenvalue weighted by Crippen LogP contribution is -2.29. The van der Waals surface area contributed by atoms with Crippen molar-refractivity contribution in [1.82, 2.24) is 0 Å². The SMILES string of the molecule is Cc1ccc2c(c1)C(c1ccccc1)(c1ccccc1)c1cc(N(c3ccc(-c4ccc(N(c5ccc6c(c5)C(C)(C)c5ccccc5-6)c5ccc6c(c5)C5(c7ccccc7-c7ccccc75)c5ccccc5-6)cc4)c(C)c3)c3ccc4c(c3)C(c3ccccc3)(c3ccccc3)c3cc(C)ccc3-4)ccc1-2. The first-order valence-electron chi connectivity index (χ1n) is 37.8. The van der Waals surface area contributed by atoms with E-state index in [1.807, 2.05) is 0 Å². The third-order valence-corrected chi connectivity index (χ3v) is 24.9. The molecule has 0 amide bonds. The zero-order valence-corrected chi connectivity index (χ0v) is 60.6. The van der Waals surface area contributed by atoms with Gasteiger partial charge >= 0.3 is 0 Å². The number of aryl methyl sites for hydroxylation is 3. The molecule has 0 atom stereocenters. The number of hydrogen-bond donors (Lipinski definition) is 0. The van der Waals surface area contributed by atoms with Crippen molar-refractivity contribution < 1.29 is 0 Å². The second-order valence-corrected chi connectivity index (χ2v) is 30.8. The molecule has 107 heavy (non-hydrogen) atoms. The fourth-order valence-electron chi connectivity index (χ4n) is 20.3. The van der Waals surface area contributed by atoms with Gasteiger partial charge in [0.2, 0.25) is 0 Å². The highest BCUT2D eigenvalue weighted by Gasteiger charge is 2.53. The van der Waals surface area contributed by atoms with E-state index in [1.165, 1.54) is 156 Å². The first-order chi connectivity index (χ1) is 52.5. The maximum atomic E-state index is 2.54. The molecule has 2 nitrogen and oxygen atoms in total. The lowest BCUT2D eigenvalue weighted by Gasteiger charge is -2.36. The van der Waals surface area contributed by atoms with Crippen LogP contribution < -0.4 is 9.80 Å². The van der Waals surface area contributed by atoms with Gasteiger partial charge in [-0.3, -0.25) is 0 Å². The third-order valence-electron chi connectivity index (χ3n) is 24.9. The summed E-state index contributed by atoms with van der Waals surface area (Å²) in [6.07, 6.45) is 0. The van der Waals surface area contributed by atoms with Crippen LogP contribution in [0.15, 0.2) is 370 Å².